The molecule has 1 aromatic carbocycles. The van der Waals surface area contributed by atoms with Crippen molar-refractivity contribution in [2.24, 2.45) is 5.92 Å². The van der Waals surface area contributed by atoms with Crippen molar-refractivity contribution in [1.82, 2.24) is 5.32 Å². The second-order valence-corrected chi connectivity index (χ2v) is 5.29. The highest BCUT2D eigenvalue weighted by atomic mass is 32.2. The maximum absolute atomic E-state index is 8.83. The number of thioether (sulfide) groups is 1. The fourth-order valence-electron chi connectivity index (χ4n) is 1.78. The molecule has 1 rings (SSSR count). The van der Waals surface area contributed by atoms with E-state index in [1.807, 2.05) is 6.26 Å². The van der Waals surface area contributed by atoms with Crippen LogP contribution in [0.4, 0.5) is 0 Å². The Balaban J connectivity index is 2.47. The maximum Gasteiger partial charge on any atom is 0.132 e. The number of hydrogen-bond donors (Lipinski definition) is 2. The monoisotopic (exact) mass is 269 g/mol. The van der Waals surface area contributed by atoms with E-state index in [9.17, 15) is 0 Å². The molecular formula is C14H23NO2S. The standard InChI is InChI=1S/C14H23NO2S/c1-11(6-7-16)9-15-10-12-4-5-14(18-3)13(8-12)17-2/h4-5,8,11,15-16H,6-7,9-10H2,1-3H3. The molecule has 102 valence electrons. The summed E-state index contributed by atoms with van der Waals surface area (Å²) in [5, 5.41) is 12.2. The minimum atomic E-state index is 0.263. The highest BCUT2D eigenvalue weighted by molar-refractivity contribution is 7.98. The molecule has 0 saturated carbocycles. The molecule has 1 atom stereocenters. The Morgan fingerprint density at radius 2 is 2.22 bits per heavy atom. The van der Waals surface area contributed by atoms with Gasteiger partial charge in [0, 0.05) is 18.0 Å². The van der Waals surface area contributed by atoms with Crippen LogP contribution in [0.3, 0.4) is 0 Å². The Morgan fingerprint density at radius 1 is 1.44 bits per heavy atom. The van der Waals surface area contributed by atoms with Crippen molar-refractivity contribution in [1.29, 1.82) is 0 Å². The Morgan fingerprint density at radius 3 is 2.83 bits per heavy atom. The predicted octanol–water partition coefficient (Wildman–Crippen LogP) is 2.53. The molecule has 3 nitrogen and oxygen atoms in total. The molecule has 0 spiro atoms. The predicted molar refractivity (Wildman–Crippen MR) is 77.3 cm³/mol. The van der Waals surface area contributed by atoms with E-state index in [-0.39, 0.29) is 6.61 Å². The van der Waals surface area contributed by atoms with E-state index in [0.717, 1.165) is 30.2 Å². The molecule has 18 heavy (non-hydrogen) atoms. The molecular weight excluding hydrogens is 246 g/mol. The van der Waals surface area contributed by atoms with Crippen molar-refractivity contribution in [3.63, 3.8) is 0 Å². The first kappa shape index (κ1) is 15.3. The summed E-state index contributed by atoms with van der Waals surface area (Å²) in [7, 11) is 1.70. The SMILES string of the molecule is COc1cc(CNCC(C)CCO)ccc1SC. The van der Waals surface area contributed by atoms with Crippen LogP contribution in [0.5, 0.6) is 5.75 Å². The summed E-state index contributed by atoms with van der Waals surface area (Å²) >= 11 is 1.69. The van der Waals surface area contributed by atoms with Gasteiger partial charge in [-0.2, -0.15) is 0 Å². The smallest absolute Gasteiger partial charge is 0.132 e. The number of hydrogen-bond acceptors (Lipinski definition) is 4. The summed E-state index contributed by atoms with van der Waals surface area (Å²) in [6.45, 7) is 4.16. The minimum absolute atomic E-state index is 0.263. The van der Waals surface area contributed by atoms with E-state index in [1.54, 1.807) is 18.9 Å². The van der Waals surface area contributed by atoms with Gasteiger partial charge in [0.15, 0.2) is 0 Å². The van der Waals surface area contributed by atoms with Gasteiger partial charge in [0.25, 0.3) is 0 Å². The first-order valence-electron chi connectivity index (χ1n) is 6.23. The molecule has 2 N–H and O–H groups in total. The third-order valence-corrected chi connectivity index (χ3v) is 3.67. The molecule has 0 fully saturated rings. The Kier molecular flexibility index (Phi) is 7.16. The van der Waals surface area contributed by atoms with Crippen molar-refractivity contribution in [2.45, 2.75) is 24.8 Å². The highest BCUT2D eigenvalue weighted by Gasteiger charge is 2.04. The number of benzene rings is 1. The van der Waals surface area contributed by atoms with E-state index in [0.29, 0.717) is 5.92 Å². The van der Waals surface area contributed by atoms with Crippen molar-refractivity contribution >= 4 is 11.8 Å². The lowest BCUT2D eigenvalue weighted by atomic mass is 10.1. The van der Waals surface area contributed by atoms with Gasteiger partial charge >= 0.3 is 0 Å². The van der Waals surface area contributed by atoms with Crippen LogP contribution < -0.4 is 10.1 Å². The highest BCUT2D eigenvalue weighted by Crippen LogP contribution is 2.28. The topological polar surface area (TPSA) is 41.5 Å². The van der Waals surface area contributed by atoms with Crippen LogP contribution in [0.25, 0.3) is 0 Å². The lowest BCUT2D eigenvalue weighted by Crippen LogP contribution is -2.21. The van der Waals surface area contributed by atoms with E-state index in [4.69, 9.17) is 9.84 Å². The summed E-state index contributed by atoms with van der Waals surface area (Å²) in [4.78, 5) is 1.16. The molecule has 1 unspecified atom stereocenters. The largest absolute Gasteiger partial charge is 0.496 e. The van der Waals surface area contributed by atoms with Crippen LogP contribution in [-0.2, 0) is 6.54 Å². The second kappa shape index (κ2) is 8.40. The lowest BCUT2D eigenvalue weighted by Gasteiger charge is -2.12. The fourth-order valence-corrected chi connectivity index (χ4v) is 2.32. The lowest BCUT2D eigenvalue weighted by molar-refractivity contribution is 0.260. The molecule has 0 heterocycles. The second-order valence-electron chi connectivity index (χ2n) is 4.44. The first-order valence-corrected chi connectivity index (χ1v) is 7.46. The van der Waals surface area contributed by atoms with Gasteiger partial charge in [-0.15, -0.1) is 11.8 Å². The molecule has 0 radical (unpaired) electrons. The molecule has 0 amide bonds. The van der Waals surface area contributed by atoms with Crippen LogP contribution in [0.15, 0.2) is 23.1 Å². The first-order chi connectivity index (χ1) is 8.71. The van der Waals surface area contributed by atoms with Crippen LogP contribution in [0.1, 0.15) is 18.9 Å². The number of ether oxygens (including phenoxy) is 1. The summed E-state index contributed by atoms with van der Waals surface area (Å²) in [5.41, 5.74) is 1.22. The van der Waals surface area contributed by atoms with E-state index >= 15 is 0 Å². The number of methoxy groups -OCH3 is 1. The van der Waals surface area contributed by atoms with Gasteiger partial charge in [0.1, 0.15) is 5.75 Å². The van der Waals surface area contributed by atoms with Crippen molar-refractivity contribution in [3.8, 4) is 5.75 Å². The quantitative estimate of drug-likeness (QED) is 0.712. The molecule has 0 aliphatic heterocycles. The van der Waals surface area contributed by atoms with Gasteiger partial charge in [-0.3, -0.25) is 0 Å². The Labute approximate surface area is 114 Å². The molecule has 0 saturated heterocycles. The normalized spacial score (nSPS) is 12.4. The van der Waals surface area contributed by atoms with Crippen LogP contribution >= 0.6 is 11.8 Å². The third kappa shape index (κ3) is 4.88. The van der Waals surface area contributed by atoms with E-state index in [1.165, 1.54) is 5.56 Å². The number of aliphatic hydroxyl groups is 1. The zero-order chi connectivity index (χ0) is 13.4. The van der Waals surface area contributed by atoms with Gasteiger partial charge in [-0.05, 0) is 42.8 Å². The van der Waals surface area contributed by atoms with Gasteiger partial charge in [0.2, 0.25) is 0 Å². The van der Waals surface area contributed by atoms with Crippen LogP contribution in [-0.4, -0.2) is 31.6 Å². The van der Waals surface area contributed by atoms with Crippen LogP contribution in [0, 0.1) is 5.92 Å². The fraction of sp³-hybridized carbons (Fsp3) is 0.571. The molecule has 1 aromatic rings. The average Bonchev–Trinajstić information content (AvgIpc) is 2.38. The maximum atomic E-state index is 8.83. The molecule has 4 heteroatoms. The molecule has 0 aromatic heterocycles. The summed E-state index contributed by atoms with van der Waals surface area (Å²) in [6, 6.07) is 6.30. The third-order valence-electron chi connectivity index (χ3n) is 2.89. The molecule has 0 bridgehead atoms. The average molecular weight is 269 g/mol. The van der Waals surface area contributed by atoms with Crippen molar-refractivity contribution < 1.29 is 9.84 Å². The Hall–Kier alpha value is -0.710. The van der Waals surface area contributed by atoms with Crippen LogP contribution in [0.2, 0.25) is 0 Å². The van der Waals surface area contributed by atoms with Crippen molar-refractivity contribution in [3.05, 3.63) is 23.8 Å². The van der Waals surface area contributed by atoms with E-state index < -0.39 is 0 Å². The summed E-state index contributed by atoms with van der Waals surface area (Å²) < 4.78 is 5.36. The van der Waals surface area contributed by atoms with Gasteiger partial charge < -0.3 is 15.2 Å². The Bertz CT molecular complexity index is 358. The van der Waals surface area contributed by atoms with Gasteiger partial charge in [-0.1, -0.05) is 13.0 Å². The zero-order valence-corrected chi connectivity index (χ0v) is 12.2. The van der Waals surface area contributed by atoms with Gasteiger partial charge in [0.05, 0.1) is 7.11 Å². The summed E-state index contributed by atoms with van der Waals surface area (Å²) in [6.07, 6.45) is 2.90. The number of rotatable bonds is 8. The molecule has 0 aliphatic carbocycles. The van der Waals surface area contributed by atoms with Gasteiger partial charge in [-0.25, -0.2) is 0 Å². The number of aliphatic hydroxyl groups excluding tert-OH is 1. The summed E-state index contributed by atoms with van der Waals surface area (Å²) in [5.74, 6) is 1.44. The number of nitrogens with one attached hydrogen (secondary N) is 1. The molecule has 0 aliphatic rings. The minimum Gasteiger partial charge on any atom is -0.496 e. The zero-order valence-electron chi connectivity index (χ0n) is 11.4. The van der Waals surface area contributed by atoms with E-state index in [2.05, 4.69) is 30.4 Å². The van der Waals surface area contributed by atoms with Crippen molar-refractivity contribution in [2.75, 3.05) is 26.5 Å².